The molecule has 0 radical (unpaired) electrons. The Morgan fingerprint density at radius 2 is 0.989 bits per heavy atom. The van der Waals surface area contributed by atoms with Gasteiger partial charge in [0.2, 0.25) is 47.3 Å². The minimum absolute atomic E-state index is 0.0480. The third-order valence-corrected chi connectivity index (χ3v) is 14.7. The highest BCUT2D eigenvalue weighted by molar-refractivity contribution is 5.99. The summed E-state index contributed by atoms with van der Waals surface area (Å²) < 4.78 is 33.2. The summed E-state index contributed by atoms with van der Waals surface area (Å²) in [6.45, 7) is 8.69. The predicted octanol–water partition coefficient (Wildman–Crippen LogP) is 4.06. The molecule has 0 unspecified atom stereocenters. The Morgan fingerprint density at radius 3 is 1.55 bits per heavy atom. The number of urea groups is 1. The van der Waals surface area contributed by atoms with E-state index < -0.39 is 41.9 Å². The van der Waals surface area contributed by atoms with E-state index in [1.807, 2.05) is 86.6 Å². The number of likely N-dealkylation sites (tertiary alicyclic amines) is 1. The van der Waals surface area contributed by atoms with Gasteiger partial charge in [0.1, 0.15) is 18.1 Å². The molecule has 1 aliphatic heterocycles. The second-order valence-corrected chi connectivity index (χ2v) is 22.4. The molecule has 3 aromatic carbocycles. The van der Waals surface area contributed by atoms with Crippen LogP contribution in [0.5, 0.6) is 0 Å². The van der Waals surface area contributed by atoms with Crippen LogP contribution >= 0.6 is 0 Å². The molecule has 26 nitrogen and oxygen atoms in total. The van der Waals surface area contributed by atoms with Crippen LogP contribution in [0.2, 0.25) is 0 Å². The molecule has 1 fully saturated rings. The summed E-state index contributed by atoms with van der Waals surface area (Å²) >= 11 is 0. The number of amides is 10. The second kappa shape index (κ2) is 47.9. The van der Waals surface area contributed by atoms with Crippen LogP contribution in [0, 0.1) is 0 Å². The number of benzene rings is 3. The zero-order valence-electron chi connectivity index (χ0n) is 54.2. The van der Waals surface area contributed by atoms with Gasteiger partial charge in [-0.2, -0.15) is 0 Å². The monoisotopic (exact) mass is 1300 g/mol. The van der Waals surface area contributed by atoms with Gasteiger partial charge in [0.25, 0.3) is 0 Å². The number of nitrogens with one attached hydrogen (secondary N) is 8. The summed E-state index contributed by atoms with van der Waals surface area (Å²) in [5, 5.41) is 31.7. The number of anilines is 1. The Hall–Kier alpha value is -7.88. The molecular weight excluding hydrogens is 1200 g/mol. The number of nitrogens with zero attached hydrogens (tertiary/aromatic N) is 1. The highest BCUT2D eigenvalue weighted by Gasteiger charge is 2.30. The first-order valence-corrected chi connectivity index (χ1v) is 32.6. The molecule has 0 aliphatic carbocycles. The van der Waals surface area contributed by atoms with Crippen molar-refractivity contribution in [1.29, 1.82) is 0 Å². The maximum absolute atomic E-state index is 14.0. The molecule has 9 N–H and O–H groups in total. The fourth-order valence-corrected chi connectivity index (χ4v) is 9.45. The number of rotatable bonds is 52. The van der Waals surface area contributed by atoms with Crippen molar-refractivity contribution in [3.05, 3.63) is 102 Å². The smallest absolute Gasteiger partial charge is 0.326 e. The summed E-state index contributed by atoms with van der Waals surface area (Å²) in [6.07, 6.45) is 7.20. The third-order valence-electron chi connectivity index (χ3n) is 14.7. The van der Waals surface area contributed by atoms with Gasteiger partial charge >= 0.3 is 12.0 Å². The number of unbranched alkanes of at least 4 members (excludes halogenated alkanes) is 4. The number of ether oxygens (including phenoxy) is 6. The van der Waals surface area contributed by atoms with Crippen molar-refractivity contribution >= 4 is 64.9 Å². The van der Waals surface area contributed by atoms with Gasteiger partial charge < -0.3 is 76.1 Å². The maximum Gasteiger partial charge on any atom is 0.326 e. The fourth-order valence-electron chi connectivity index (χ4n) is 9.45. The lowest BCUT2D eigenvalue weighted by molar-refractivity contribution is -0.152. The van der Waals surface area contributed by atoms with Crippen molar-refractivity contribution < 1.29 is 81.5 Å². The first-order chi connectivity index (χ1) is 45.1. The van der Waals surface area contributed by atoms with E-state index in [1.54, 1.807) is 12.1 Å². The minimum atomic E-state index is -1.22. The van der Waals surface area contributed by atoms with E-state index in [-0.39, 0.29) is 132 Å². The summed E-state index contributed by atoms with van der Waals surface area (Å²) in [7, 11) is 0. The average molecular weight is 1300 g/mol. The molecule has 0 aromatic heterocycles. The largest absolute Gasteiger partial charge is 0.480 e. The van der Waals surface area contributed by atoms with E-state index in [0.717, 1.165) is 48.8 Å². The second-order valence-electron chi connectivity index (χ2n) is 22.4. The van der Waals surface area contributed by atoms with Crippen molar-refractivity contribution in [1.82, 2.24) is 42.1 Å². The minimum Gasteiger partial charge on any atom is -0.480 e. The number of hydrogen-bond donors (Lipinski definition) is 9. The van der Waals surface area contributed by atoms with Crippen LogP contribution in [0.4, 0.5) is 10.5 Å². The summed E-state index contributed by atoms with van der Waals surface area (Å²) in [6, 6.07) is 21.9. The number of imide groups is 1. The van der Waals surface area contributed by atoms with Crippen molar-refractivity contribution in [2.24, 2.45) is 0 Å². The van der Waals surface area contributed by atoms with Gasteiger partial charge in [0, 0.05) is 82.9 Å². The zero-order valence-corrected chi connectivity index (χ0v) is 54.2. The molecule has 93 heavy (non-hydrogen) atoms. The van der Waals surface area contributed by atoms with Crippen molar-refractivity contribution in [2.75, 3.05) is 111 Å². The van der Waals surface area contributed by atoms with Crippen molar-refractivity contribution in [3.8, 4) is 0 Å². The number of aliphatic carboxylic acids is 1. The molecule has 4 rings (SSSR count). The molecule has 26 heteroatoms. The van der Waals surface area contributed by atoms with E-state index in [2.05, 4.69) is 42.5 Å². The van der Waals surface area contributed by atoms with Crippen LogP contribution in [-0.2, 0) is 90.8 Å². The highest BCUT2D eigenvalue weighted by atomic mass is 16.6. The molecule has 0 spiro atoms. The lowest BCUT2D eigenvalue weighted by Gasteiger charge is -2.28. The average Bonchev–Trinajstić information content (AvgIpc) is 1.03. The number of aryl methyl sites for hydroxylation is 1. The number of hydrogen-bond acceptors (Lipinski definition) is 16. The summed E-state index contributed by atoms with van der Waals surface area (Å²) in [5.41, 5.74) is 3.23. The Morgan fingerprint density at radius 1 is 0.473 bits per heavy atom. The lowest BCUT2D eigenvalue weighted by Crippen LogP contribution is -2.55. The molecule has 514 valence electrons. The Bertz CT molecular complexity index is 2690. The number of carboxylic acids is 1. The van der Waals surface area contributed by atoms with Gasteiger partial charge in [-0.15, -0.1) is 0 Å². The van der Waals surface area contributed by atoms with Gasteiger partial charge in [-0.25, -0.2) is 9.59 Å². The Balaban J connectivity index is 0.987. The van der Waals surface area contributed by atoms with Crippen LogP contribution in [0.3, 0.4) is 0 Å². The SMILES string of the molecule is CCC[C@H](C)NC(=O)N[C@@H](CCC(=O)NCCCCCCCC(=O)N[C@@H](Cc1ccccc1)C(=O)N[C@@H](Cc1ccccc1)C(=O)NCCOCCNC(=O)CCOCCOCCOCCOCCOCCC(=O)Nc1ccc(CCC(=O)N2CCC2=O)cc1)C(=O)O. The Kier molecular flexibility index (Phi) is 40.0. The number of carbonyl (C=O) groups excluding carboxylic acids is 9. The van der Waals surface area contributed by atoms with Crippen LogP contribution in [0.1, 0.15) is 120 Å². The lowest BCUT2D eigenvalue weighted by atomic mass is 10.0. The quantitative estimate of drug-likeness (QED) is 0.0284. The first-order valence-electron chi connectivity index (χ1n) is 32.6. The van der Waals surface area contributed by atoms with E-state index >= 15 is 0 Å². The summed E-state index contributed by atoms with van der Waals surface area (Å²) in [5.74, 6) is -3.46. The molecule has 1 aliphatic rings. The number of carbonyl (C=O) groups is 10. The fraction of sp³-hybridized carbons (Fsp3) is 0.582. The van der Waals surface area contributed by atoms with E-state index in [4.69, 9.17) is 28.4 Å². The van der Waals surface area contributed by atoms with E-state index in [9.17, 15) is 53.1 Å². The molecule has 3 aromatic rings. The van der Waals surface area contributed by atoms with E-state index in [1.165, 1.54) is 4.90 Å². The molecule has 0 bridgehead atoms. The van der Waals surface area contributed by atoms with Gasteiger partial charge in [0.15, 0.2) is 0 Å². The molecule has 1 heterocycles. The predicted molar refractivity (Wildman–Crippen MR) is 346 cm³/mol. The molecule has 10 amide bonds. The standard InChI is InChI=1S/C67H99N9O17/c1-3-15-50(2)71-67(87)75-55(66(85)86)26-27-58(77)68-32-14-6-4-5-13-20-60(79)73-57(49-53-18-11-8-12-19-53)65(84)74-56(48-52-16-9-7-10-17-52)64(83)70-34-39-90-38-33-69-59(78)30-36-88-40-42-91-44-46-93-47-45-92-43-41-89-37-31-61(80)72-54-24-21-51(22-25-54)23-28-62(81)76-35-29-63(76)82/h7-12,16-19,21-22,24-25,50,55-57H,3-6,13-15,20,23,26-49H2,1-2H3,(H,68,77)(H,69,78)(H,70,83)(H,72,80)(H,73,79)(H,74,84)(H,85,86)(H2,71,75,87)/t50-,55-,56-,57-/m0/s1. The third kappa shape index (κ3) is 36.2. The first kappa shape index (κ1) is 77.6. The van der Waals surface area contributed by atoms with Crippen LogP contribution < -0.4 is 42.5 Å². The van der Waals surface area contributed by atoms with Gasteiger partial charge in [-0.3, -0.25) is 43.3 Å². The normalized spacial score (nSPS) is 13.1. The zero-order chi connectivity index (χ0) is 67.1. The van der Waals surface area contributed by atoms with Gasteiger partial charge in [0.05, 0.1) is 85.7 Å². The molecular formula is C67H99N9O17. The Labute approximate surface area is 546 Å². The molecule has 0 saturated carbocycles. The number of carboxylic acid groups (broad SMARTS) is 1. The molecule has 4 atom stereocenters. The highest BCUT2D eigenvalue weighted by Crippen LogP contribution is 2.16. The van der Waals surface area contributed by atoms with Crippen LogP contribution in [0.25, 0.3) is 0 Å². The topological polar surface area (TPSA) is 346 Å². The van der Waals surface area contributed by atoms with Gasteiger partial charge in [-0.1, -0.05) is 105 Å². The van der Waals surface area contributed by atoms with Crippen LogP contribution in [-0.4, -0.2) is 199 Å². The number of β-lactam (4-membered cyclic amide) rings is 1. The maximum atomic E-state index is 14.0. The van der Waals surface area contributed by atoms with Crippen molar-refractivity contribution in [2.45, 2.75) is 147 Å². The van der Waals surface area contributed by atoms with Crippen molar-refractivity contribution in [3.63, 3.8) is 0 Å². The van der Waals surface area contributed by atoms with E-state index in [0.29, 0.717) is 97.3 Å². The van der Waals surface area contributed by atoms with Crippen LogP contribution in [0.15, 0.2) is 84.9 Å². The van der Waals surface area contributed by atoms with Gasteiger partial charge in [-0.05, 0) is 67.9 Å². The summed E-state index contributed by atoms with van der Waals surface area (Å²) in [4.78, 5) is 127. The molecule has 1 saturated heterocycles.